The van der Waals surface area contributed by atoms with Gasteiger partial charge in [-0.2, -0.15) is 5.10 Å². The molecule has 0 aliphatic carbocycles. The van der Waals surface area contributed by atoms with E-state index in [4.69, 9.17) is 23.2 Å². The summed E-state index contributed by atoms with van der Waals surface area (Å²) in [5.74, 6) is 5.21. The molecular weight excluding hydrogens is 408 g/mol. The van der Waals surface area contributed by atoms with E-state index in [0.29, 0.717) is 22.0 Å². The van der Waals surface area contributed by atoms with Gasteiger partial charge in [-0.3, -0.25) is 10.6 Å². The second kappa shape index (κ2) is 6.93. The van der Waals surface area contributed by atoms with Crippen LogP contribution in [0.1, 0.15) is 10.7 Å². The van der Waals surface area contributed by atoms with Crippen LogP contribution in [0.4, 0.5) is 0 Å². The third-order valence-electron chi connectivity index (χ3n) is 4.08. The number of fused-ring (bicyclic) bond motifs is 3. The molecule has 0 bridgehead atoms. The fraction of sp³-hybridized carbons (Fsp3) is 0.200. The van der Waals surface area contributed by atoms with Crippen LogP contribution in [-0.4, -0.2) is 24.3 Å². The van der Waals surface area contributed by atoms with Gasteiger partial charge in [-0.15, -0.1) is 22.7 Å². The highest BCUT2D eigenvalue weighted by molar-refractivity contribution is 7.19. The second-order valence-corrected chi connectivity index (χ2v) is 8.36. The van der Waals surface area contributed by atoms with Crippen molar-refractivity contribution in [3.63, 3.8) is 0 Å². The van der Waals surface area contributed by atoms with Crippen LogP contribution >= 0.6 is 34.3 Å². The molecule has 27 heavy (non-hydrogen) atoms. The van der Waals surface area contributed by atoms with Gasteiger partial charge in [0.1, 0.15) is 14.9 Å². The Morgan fingerprint density at radius 1 is 1.48 bits per heavy atom. The lowest BCUT2D eigenvalue weighted by Crippen LogP contribution is -2.27. The number of nitrogens with one attached hydrogen (secondary N) is 1. The Hall–Kier alpha value is -2.47. The van der Waals surface area contributed by atoms with E-state index in [1.165, 1.54) is 33.6 Å². The molecule has 0 saturated heterocycles. The highest BCUT2D eigenvalue weighted by Gasteiger charge is 2.19. The molecule has 9 nitrogen and oxygen atoms in total. The van der Waals surface area contributed by atoms with Gasteiger partial charge in [0.25, 0.3) is 5.56 Å². The molecule has 0 amide bonds. The number of hydrogen-bond donors (Lipinski definition) is 3. The number of halogens is 1. The summed E-state index contributed by atoms with van der Waals surface area (Å²) in [7, 11) is 1.82. The van der Waals surface area contributed by atoms with E-state index in [1.807, 2.05) is 7.05 Å². The van der Waals surface area contributed by atoms with Gasteiger partial charge in [-0.05, 0) is 0 Å². The van der Waals surface area contributed by atoms with Gasteiger partial charge < -0.3 is 15.7 Å². The van der Waals surface area contributed by atoms with Crippen LogP contribution in [0.25, 0.3) is 21.3 Å². The predicted octanol–water partition coefficient (Wildman–Crippen LogP) is 1.31. The molecule has 0 fully saturated rings. The minimum absolute atomic E-state index is 0.138. The SMILES string of the molecule is Cn1c2nc(Cc3ncsc3Cl)sc2c2cnn(C/C(N)=C/NN)c(=O)c21. The van der Waals surface area contributed by atoms with Crippen molar-refractivity contribution in [2.75, 3.05) is 0 Å². The first-order valence-corrected chi connectivity index (χ1v) is 9.89. The van der Waals surface area contributed by atoms with E-state index < -0.39 is 0 Å². The third-order valence-corrected chi connectivity index (χ3v) is 6.30. The Bertz CT molecular complexity index is 1230. The summed E-state index contributed by atoms with van der Waals surface area (Å²) in [5.41, 5.74) is 12.1. The number of rotatable bonds is 5. The number of nitrogens with two attached hydrogens (primary N) is 2. The number of thiazole rings is 2. The Kier molecular flexibility index (Phi) is 4.60. The summed E-state index contributed by atoms with van der Waals surface area (Å²) >= 11 is 9.05. The number of aromatic nitrogens is 5. The number of nitrogens with zero attached hydrogens (tertiary/aromatic N) is 5. The van der Waals surface area contributed by atoms with Gasteiger partial charge in [0.15, 0.2) is 5.65 Å². The maximum Gasteiger partial charge on any atom is 0.291 e. The molecule has 0 atom stereocenters. The van der Waals surface area contributed by atoms with Crippen LogP contribution in [0.2, 0.25) is 4.34 Å². The molecule has 0 radical (unpaired) electrons. The molecular formula is C15H15ClN8OS2. The average molecular weight is 423 g/mol. The van der Waals surface area contributed by atoms with Crippen molar-refractivity contribution in [1.82, 2.24) is 29.7 Å². The maximum atomic E-state index is 12.8. The van der Waals surface area contributed by atoms with E-state index in [-0.39, 0.29) is 12.1 Å². The molecule has 4 rings (SSSR count). The Labute approximate surface area is 165 Å². The van der Waals surface area contributed by atoms with Gasteiger partial charge in [0.2, 0.25) is 0 Å². The first kappa shape index (κ1) is 17.9. The number of hydrazine groups is 1. The molecule has 0 aromatic carbocycles. The summed E-state index contributed by atoms with van der Waals surface area (Å²) in [6.45, 7) is 0.138. The summed E-state index contributed by atoms with van der Waals surface area (Å²) < 4.78 is 4.67. The molecule has 0 saturated carbocycles. The number of aryl methyl sites for hydroxylation is 1. The largest absolute Gasteiger partial charge is 0.399 e. The first-order valence-electron chi connectivity index (χ1n) is 7.82. The average Bonchev–Trinajstić information content (AvgIpc) is 3.29. The monoisotopic (exact) mass is 422 g/mol. The lowest BCUT2D eigenvalue weighted by molar-refractivity contribution is 0.628. The maximum absolute atomic E-state index is 12.8. The fourth-order valence-electron chi connectivity index (χ4n) is 2.86. The van der Waals surface area contributed by atoms with E-state index in [9.17, 15) is 4.79 Å². The van der Waals surface area contributed by atoms with Gasteiger partial charge in [-0.25, -0.2) is 14.6 Å². The summed E-state index contributed by atoms with van der Waals surface area (Å²) in [4.78, 5) is 21.8. The smallest absolute Gasteiger partial charge is 0.291 e. The van der Waals surface area contributed by atoms with Gasteiger partial charge in [0, 0.05) is 30.8 Å². The standard InChI is InChI=1S/C15H15ClN8OS2/c1-23-11-8(4-21-24(15(11)25)5-7(17)3-20-18)12-14(23)22-10(27-12)2-9-13(16)26-6-19-9/h3-4,6,20H,2,5,17-18H2,1H3/b7-3-. The molecule has 4 aromatic rings. The summed E-state index contributed by atoms with van der Waals surface area (Å²) in [6.07, 6.45) is 3.64. The normalized spacial score (nSPS) is 12.3. The number of allylic oxidation sites excluding steroid dienone is 1. The zero-order valence-corrected chi connectivity index (χ0v) is 16.5. The Balaban J connectivity index is 1.79. The predicted molar refractivity (Wildman–Crippen MR) is 108 cm³/mol. The third kappa shape index (κ3) is 3.08. The summed E-state index contributed by atoms with van der Waals surface area (Å²) in [5, 5.41) is 5.89. The molecule has 0 aliphatic heterocycles. The highest BCUT2D eigenvalue weighted by atomic mass is 35.5. The van der Waals surface area contributed by atoms with Crippen molar-refractivity contribution in [2.24, 2.45) is 18.6 Å². The van der Waals surface area contributed by atoms with Crippen LogP contribution in [-0.2, 0) is 20.0 Å². The van der Waals surface area contributed by atoms with Crippen molar-refractivity contribution in [3.05, 3.63) is 49.0 Å². The lowest BCUT2D eigenvalue weighted by Gasteiger charge is -2.05. The van der Waals surface area contributed by atoms with Gasteiger partial charge in [-0.1, -0.05) is 11.6 Å². The van der Waals surface area contributed by atoms with Crippen molar-refractivity contribution in [3.8, 4) is 0 Å². The fourth-order valence-corrected chi connectivity index (χ4v) is 4.74. The van der Waals surface area contributed by atoms with Crippen molar-refractivity contribution < 1.29 is 0 Å². The molecule has 4 heterocycles. The van der Waals surface area contributed by atoms with Crippen molar-refractivity contribution in [2.45, 2.75) is 13.0 Å². The lowest BCUT2D eigenvalue weighted by atomic mass is 10.3. The Morgan fingerprint density at radius 3 is 3.00 bits per heavy atom. The van der Waals surface area contributed by atoms with Crippen LogP contribution in [0.3, 0.4) is 0 Å². The van der Waals surface area contributed by atoms with E-state index in [1.54, 1.807) is 16.3 Å². The minimum atomic E-state index is -0.238. The van der Waals surface area contributed by atoms with Crippen LogP contribution in [0.5, 0.6) is 0 Å². The quantitative estimate of drug-likeness (QED) is 0.326. The number of hydrogen-bond acceptors (Lipinski definition) is 9. The summed E-state index contributed by atoms with van der Waals surface area (Å²) in [6, 6.07) is 0. The van der Waals surface area contributed by atoms with E-state index in [0.717, 1.165) is 26.4 Å². The second-order valence-electron chi connectivity index (χ2n) is 5.82. The first-order chi connectivity index (χ1) is 13.0. The zero-order valence-electron chi connectivity index (χ0n) is 14.1. The molecule has 0 unspecified atom stereocenters. The van der Waals surface area contributed by atoms with E-state index >= 15 is 0 Å². The van der Waals surface area contributed by atoms with Crippen LogP contribution < -0.4 is 22.6 Å². The van der Waals surface area contributed by atoms with Crippen molar-refractivity contribution in [1.29, 1.82) is 0 Å². The van der Waals surface area contributed by atoms with Crippen LogP contribution in [0, 0.1) is 0 Å². The van der Waals surface area contributed by atoms with Gasteiger partial charge >= 0.3 is 0 Å². The van der Waals surface area contributed by atoms with Crippen LogP contribution in [0.15, 0.2) is 28.4 Å². The zero-order chi connectivity index (χ0) is 19.1. The minimum Gasteiger partial charge on any atom is -0.399 e. The highest BCUT2D eigenvalue weighted by Crippen LogP contribution is 2.32. The molecule has 12 heteroatoms. The molecule has 5 N–H and O–H groups in total. The topological polar surface area (TPSA) is 130 Å². The molecule has 0 spiro atoms. The van der Waals surface area contributed by atoms with E-state index in [2.05, 4.69) is 20.5 Å². The Morgan fingerprint density at radius 2 is 2.30 bits per heavy atom. The van der Waals surface area contributed by atoms with Crippen molar-refractivity contribution >= 4 is 55.5 Å². The molecule has 4 aromatic heterocycles. The molecule has 0 aliphatic rings. The van der Waals surface area contributed by atoms with Gasteiger partial charge in [0.05, 0.1) is 28.6 Å². The molecule has 140 valence electrons.